The minimum absolute atomic E-state index is 0.0401. The fraction of sp³-hybridized carbons (Fsp3) is 0.467. The van der Waals surface area contributed by atoms with Crippen LogP contribution in [0.2, 0.25) is 0 Å². The number of nitrogens with one attached hydrogen (secondary N) is 2. The Morgan fingerprint density at radius 3 is 2.51 bits per heavy atom. The van der Waals surface area contributed by atoms with Gasteiger partial charge < -0.3 is 29.7 Å². The zero-order chi connectivity index (χ0) is 30.5. The van der Waals surface area contributed by atoms with Gasteiger partial charge in [-0.2, -0.15) is 0 Å². The van der Waals surface area contributed by atoms with Crippen LogP contribution in [-0.4, -0.2) is 110 Å². The maximum absolute atomic E-state index is 15.5. The number of piperazine rings is 1. The highest BCUT2D eigenvalue weighted by molar-refractivity contribution is 5.92. The van der Waals surface area contributed by atoms with Gasteiger partial charge in [-0.1, -0.05) is 6.58 Å². The first-order valence-corrected chi connectivity index (χ1v) is 14.2. The SMILES string of the molecule is C=CC(=O)C[C@H]1COC[C@H]1Nc1ncc2cc(-c3c(F)c(OC)cc(OC)c3F)nc(NCCN3CCN(C)CC3)c2n1. The summed E-state index contributed by atoms with van der Waals surface area (Å²) in [5, 5.41) is 7.16. The fourth-order valence-electron chi connectivity index (χ4n) is 5.34. The van der Waals surface area contributed by atoms with Crippen LogP contribution in [0, 0.1) is 17.6 Å². The van der Waals surface area contributed by atoms with E-state index in [0.717, 1.165) is 38.8 Å². The monoisotopic (exact) mass is 597 g/mol. The molecule has 2 fully saturated rings. The molecule has 0 bridgehead atoms. The van der Waals surface area contributed by atoms with Crippen molar-refractivity contribution in [2.24, 2.45) is 5.92 Å². The number of methoxy groups -OCH3 is 2. The summed E-state index contributed by atoms with van der Waals surface area (Å²) in [6.45, 7) is 9.56. The summed E-state index contributed by atoms with van der Waals surface area (Å²) in [6.07, 6.45) is 3.20. The molecule has 5 rings (SSSR count). The van der Waals surface area contributed by atoms with Gasteiger partial charge >= 0.3 is 0 Å². The molecule has 0 aliphatic carbocycles. The van der Waals surface area contributed by atoms with Gasteiger partial charge in [0.25, 0.3) is 0 Å². The molecule has 1 aromatic carbocycles. The molecule has 2 aromatic heterocycles. The lowest BCUT2D eigenvalue weighted by molar-refractivity contribution is -0.115. The predicted octanol–water partition coefficient (Wildman–Crippen LogP) is 3.22. The normalized spacial score (nSPS) is 19.4. The molecule has 4 heterocycles. The van der Waals surface area contributed by atoms with Crippen LogP contribution >= 0.6 is 0 Å². The third-order valence-electron chi connectivity index (χ3n) is 7.92. The summed E-state index contributed by atoms with van der Waals surface area (Å²) in [7, 11) is 4.70. The smallest absolute Gasteiger partial charge is 0.223 e. The predicted molar refractivity (Wildman–Crippen MR) is 160 cm³/mol. The molecule has 0 unspecified atom stereocenters. The van der Waals surface area contributed by atoms with Crippen molar-refractivity contribution in [1.82, 2.24) is 24.8 Å². The molecule has 2 aliphatic rings. The Labute approximate surface area is 249 Å². The van der Waals surface area contributed by atoms with Gasteiger partial charge in [0.2, 0.25) is 5.95 Å². The van der Waals surface area contributed by atoms with Crippen LogP contribution in [0.5, 0.6) is 11.5 Å². The first-order valence-electron chi connectivity index (χ1n) is 14.2. The van der Waals surface area contributed by atoms with Crippen molar-refractivity contribution in [3.8, 4) is 22.8 Å². The largest absolute Gasteiger partial charge is 0.494 e. The number of anilines is 2. The van der Waals surface area contributed by atoms with Crippen molar-refractivity contribution < 1.29 is 27.8 Å². The number of hydrogen-bond acceptors (Lipinski definition) is 11. The van der Waals surface area contributed by atoms with Crippen LogP contribution in [0.25, 0.3) is 22.2 Å². The quantitative estimate of drug-likeness (QED) is 0.300. The number of ketones is 1. The van der Waals surface area contributed by atoms with Crippen molar-refractivity contribution in [2.75, 3.05) is 84.4 Å². The van der Waals surface area contributed by atoms with E-state index in [4.69, 9.17) is 19.2 Å². The average Bonchev–Trinajstić information content (AvgIpc) is 3.44. The number of carbonyl (C=O) groups is 1. The standard InChI is InChI=1S/C30H37F2N7O4/c1-5-20(40)12-19-16-43-17-22(19)36-30-34-15-18-13-21(25-26(31)23(41-3)14-24(42-4)27(25)32)35-29(28(18)37-30)33-6-7-39-10-8-38(2)9-11-39/h5,13-15,19,22H,1,6-12,16-17H2,2-4H3,(H,33,35)(H,34,36,37)/t19-,22+/m0/s1. The lowest BCUT2D eigenvalue weighted by Gasteiger charge is -2.32. The van der Waals surface area contributed by atoms with E-state index in [-0.39, 0.29) is 40.5 Å². The molecular formula is C30H37F2N7O4. The summed E-state index contributed by atoms with van der Waals surface area (Å²) < 4.78 is 46.8. The van der Waals surface area contributed by atoms with Gasteiger partial charge in [0, 0.05) is 69.3 Å². The first kappa shape index (κ1) is 30.5. The van der Waals surface area contributed by atoms with E-state index >= 15 is 8.78 Å². The molecule has 11 nitrogen and oxygen atoms in total. The molecule has 43 heavy (non-hydrogen) atoms. The fourth-order valence-corrected chi connectivity index (χ4v) is 5.34. The van der Waals surface area contributed by atoms with E-state index < -0.39 is 11.6 Å². The van der Waals surface area contributed by atoms with Crippen molar-refractivity contribution in [3.63, 3.8) is 0 Å². The van der Waals surface area contributed by atoms with E-state index in [9.17, 15) is 4.79 Å². The molecule has 13 heteroatoms. The van der Waals surface area contributed by atoms with Crippen molar-refractivity contribution in [1.29, 1.82) is 0 Å². The lowest BCUT2D eigenvalue weighted by atomic mass is 9.97. The van der Waals surface area contributed by atoms with Gasteiger partial charge in [0.1, 0.15) is 5.52 Å². The minimum Gasteiger partial charge on any atom is -0.494 e. The summed E-state index contributed by atoms with van der Waals surface area (Å²) in [5.41, 5.74) is 0.145. The van der Waals surface area contributed by atoms with Crippen LogP contribution in [0.1, 0.15) is 6.42 Å². The topological polar surface area (TPSA) is 114 Å². The van der Waals surface area contributed by atoms with Gasteiger partial charge in [0.15, 0.2) is 34.7 Å². The Bertz CT molecular complexity index is 1450. The molecule has 2 saturated heterocycles. The van der Waals surface area contributed by atoms with Crippen LogP contribution in [0.15, 0.2) is 31.0 Å². The van der Waals surface area contributed by atoms with Crippen molar-refractivity contribution >= 4 is 28.5 Å². The third-order valence-corrected chi connectivity index (χ3v) is 7.92. The molecule has 0 saturated carbocycles. The minimum atomic E-state index is -0.892. The summed E-state index contributed by atoms with van der Waals surface area (Å²) in [5.74, 6) is -1.55. The Morgan fingerprint density at radius 2 is 1.84 bits per heavy atom. The third kappa shape index (κ3) is 6.84. The second-order valence-corrected chi connectivity index (χ2v) is 10.8. The average molecular weight is 598 g/mol. The maximum atomic E-state index is 15.5. The van der Waals surface area contributed by atoms with Gasteiger partial charge in [0.05, 0.1) is 44.7 Å². The van der Waals surface area contributed by atoms with Crippen LogP contribution in [-0.2, 0) is 9.53 Å². The molecule has 0 spiro atoms. The number of likely N-dealkylation sites (N-methyl/N-ethyl adjacent to an activating group) is 1. The number of nitrogens with zero attached hydrogens (tertiary/aromatic N) is 5. The second-order valence-electron chi connectivity index (χ2n) is 10.8. The van der Waals surface area contributed by atoms with E-state index in [1.54, 1.807) is 6.20 Å². The summed E-state index contributed by atoms with van der Waals surface area (Å²) >= 11 is 0. The molecule has 2 N–H and O–H groups in total. The van der Waals surface area contributed by atoms with Gasteiger partial charge in [-0.25, -0.2) is 23.7 Å². The summed E-state index contributed by atoms with van der Waals surface area (Å²) in [6, 6.07) is 2.53. The molecule has 0 radical (unpaired) electrons. The first-order chi connectivity index (χ1) is 20.8. The van der Waals surface area contributed by atoms with Crippen LogP contribution < -0.4 is 20.1 Å². The number of hydrogen-bond donors (Lipinski definition) is 2. The molecule has 2 aliphatic heterocycles. The number of benzene rings is 1. The zero-order valence-electron chi connectivity index (χ0n) is 24.7. The van der Waals surface area contributed by atoms with Crippen molar-refractivity contribution in [3.05, 3.63) is 42.6 Å². The van der Waals surface area contributed by atoms with E-state index in [1.165, 1.54) is 26.4 Å². The van der Waals surface area contributed by atoms with Crippen LogP contribution in [0.3, 0.4) is 0 Å². The number of carbonyl (C=O) groups excluding carboxylic acids is 1. The van der Waals surface area contributed by atoms with Gasteiger partial charge in [-0.05, 0) is 19.2 Å². The van der Waals surface area contributed by atoms with Gasteiger partial charge in [-0.3, -0.25) is 9.69 Å². The summed E-state index contributed by atoms with van der Waals surface area (Å²) in [4.78, 5) is 30.4. The Kier molecular flexibility index (Phi) is 9.63. The van der Waals surface area contributed by atoms with E-state index in [2.05, 4.69) is 44.0 Å². The number of ether oxygens (including phenoxy) is 3. The Morgan fingerprint density at radius 1 is 1.12 bits per heavy atom. The van der Waals surface area contributed by atoms with Crippen LogP contribution in [0.4, 0.5) is 20.5 Å². The number of fused-ring (bicyclic) bond motifs is 1. The molecule has 2 atom stereocenters. The van der Waals surface area contributed by atoms with Gasteiger partial charge in [-0.15, -0.1) is 0 Å². The Hall–Kier alpha value is -3.94. The number of allylic oxidation sites excluding steroid dienone is 1. The van der Waals surface area contributed by atoms with E-state index in [1.807, 2.05) is 0 Å². The highest BCUT2D eigenvalue weighted by atomic mass is 19.1. The molecule has 0 amide bonds. The number of pyridine rings is 1. The number of rotatable bonds is 12. The lowest BCUT2D eigenvalue weighted by Crippen LogP contribution is -2.45. The molecular weight excluding hydrogens is 560 g/mol. The number of halogens is 2. The second kappa shape index (κ2) is 13.6. The Balaban J connectivity index is 1.49. The van der Waals surface area contributed by atoms with E-state index in [0.29, 0.717) is 48.8 Å². The molecule has 230 valence electrons. The highest BCUT2D eigenvalue weighted by Gasteiger charge is 2.30. The number of aromatic nitrogens is 3. The molecule has 3 aromatic rings. The maximum Gasteiger partial charge on any atom is 0.223 e. The zero-order valence-corrected chi connectivity index (χ0v) is 24.7. The highest BCUT2D eigenvalue weighted by Crippen LogP contribution is 2.38. The van der Waals surface area contributed by atoms with Crippen molar-refractivity contribution in [2.45, 2.75) is 12.5 Å².